The van der Waals surface area contributed by atoms with Gasteiger partial charge in [0.25, 0.3) is 0 Å². The van der Waals surface area contributed by atoms with Crippen LogP contribution in [0.3, 0.4) is 0 Å². The smallest absolute Gasteiger partial charge is 0.0714 e. The monoisotopic (exact) mass is 262 g/mol. The van der Waals surface area contributed by atoms with Gasteiger partial charge in [-0.2, -0.15) is 0 Å². The fraction of sp³-hybridized carbons (Fsp3) is 0.143. The molecule has 2 aromatic carbocycles. The molecule has 0 saturated carbocycles. The third kappa shape index (κ3) is 3.85. The molecule has 0 bridgehead atoms. The van der Waals surface area contributed by atoms with E-state index in [0.717, 1.165) is 23.4 Å². The van der Waals surface area contributed by atoms with Gasteiger partial charge in [-0.25, -0.2) is 5.26 Å². The van der Waals surface area contributed by atoms with E-state index in [4.69, 9.17) is 5.26 Å². The van der Waals surface area contributed by atoms with Crippen molar-refractivity contribution in [3.8, 4) is 0 Å². The highest BCUT2D eigenvalue weighted by Gasteiger charge is 2.00. The Kier molecular flexibility index (Phi) is 4.78. The van der Waals surface area contributed by atoms with Crippen LogP contribution >= 0.6 is 12.0 Å². The lowest BCUT2D eigenvalue weighted by molar-refractivity contribution is -0.432. The van der Waals surface area contributed by atoms with E-state index in [1.807, 2.05) is 18.2 Å². The van der Waals surface area contributed by atoms with Crippen LogP contribution in [0.4, 0.5) is 0 Å². The zero-order valence-corrected chi connectivity index (χ0v) is 10.8. The van der Waals surface area contributed by atoms with Crippen molar-refractivity contribution in [2.75, 3.05) is 0 Å². The molecule has 4 heteroatoms. The van der Waals surface area contributed by atoms with E-state index < -0.39 is 0 Å². The van der Waals surface area contributed by atoms with Gasteiger partial charge in [0, 0.05) is 4.90 Å². The van der Waals surface area contributed by atoms with Crippen molar-refractivity contribution in [1.29, 1.82) is 0 Å². The Morgan fingerprint density at radius 1 is 1.06 bits per heavy atom. The molecule has 94 valence electrons. The van der Waals surface area contributed by atoms with Gasteiger partial charge in [0.05, 0.1) is 12.0 Å². The predicted molar refractivity (Wildman–Crippen MR) is 71.1 cm³/mol. The number of hydrogen-bond acceptors (Lipinski definition) is 4. The van der Waals surface area contributed by atoms with Crippen molar-refractivity contribution in [3.63, 3.8) is 0 Å². The van der Waals surface area contributed by atoms with Crippen LogP contribution in [0.1, 0.15) is 16.7 Å². The molecule has 3 nitrogen and oxygen atoms in total. The van der Waals surface area contributed by atoms with E-state index in [1.54, 1.807) is 0 Å². The molecular weight excluding hydrogens is 248 g/mol. The normalized spacial score (nSPS) is 10.6. The molecule has 0 saturated heterocycles. The minimum absolute atomic E-state index is 0.870. The van der Waals surface area contributed by atoms with Crippen LogP contribution in [0, 0.1) is 6.92 Å². The molecule has 0 spiro atoms. The van der Waals surface area contributed by atoms with Crippen molar-refractivity contribution in [3.05, 3.63) is 65.2 Å². The van der Waals surface area contributed by atoms with Crippen molar-refractivity contribution in [2.45, 2.75) is 18.2 Å². The lowest BCUT2D eigenvalue weighted by atomic mass is 10.0. The van der Waals surface area contributed by atoms with E-state index in [1.165, 1.54) is 16.7 Å². The second-order valence-electron chi connectivity index (χ2n) is 4.04. The summed E-state index contributed by atoms with van der Waals surface area (Å²) >= 11 is 0.975. The standard InChI is InChI=1S/C14H14O3S/c1-11-5-7-12(8-6-11)9-13-3-2-4-14(10-13)18-17-16-15/h2-8,10,15H,9H2,1H3. The SMILES string of the molecule is Cc1ccc(Cc2cccc(SOOO)c2)cc1. The minimum Gasteiger partial charge on any atom is -0.220 e. The highest BCUT2D eigenvalue weighted by atomic mass is 32.2. The van der Waals surface area contributed by atoms with Gasteiger partial charge in [-0.1, -0.05) is 47.0 Å². The molecule has 0 heterocycles. The summed E-state index contributed by atoms with van der Waals surface area (Å²) in [5, 5.41) is 11.7. The second kappa shape index (κ2) is 6.56. The minimum atomic E-state index is 0.870. The molecule has 0 aliphatic heterocycles. The van der Waals surface area contributed by atoms with Crippen molar-refractivity contribution in [2.24, 2.45) is 0 Å². The number of hydrogen-bond donors (Lipinski definition) is 1. The molecule has 0 aromatic heterocycles. The molecule has 0 atom stereocenters. The zero-order valence-electron chi connectivity index (χ0n) is 10.00. The van der Waals surface area contributed by atoms with E-state index in [-0.39, 0.29) is 0 Å². The fourth-order valence-electron chi connectivity index (χ4n) is 1.70. The zero-order chi connectivity index (χ0) is 12.8. The van der Waals surface area contributed by atoms with Gasteiger partial charge >= 0.3 is 0 Å². The molecule has 18 heavy (non-hydrogen) atoms. The first kappa shape index (κ1) is 13.1. The summed E-state index contributed by atoms with van der Waals surface area (Å²) in [6.45, 7) is 2.08. The van der Waals surface area contributed by atoms with Crippen LogP contribution in [0.25, 0.3) is 0 Å². The predicted octanol–water partition coefficient (Wildman–Crippen LogP) is 4.01. The summed E-state index contributed by atoms with van der Waals surface area (Å²) in [6, 6.07) is 16.4. The molecule has 0 aliphatic carbocycles. The van der Waals surface area contributed by atoms with E-state index >= 15 is 0 Å². The highest BCUT2D eigenvalue weighted by Crippen LogP contribution is 2.21. The first-order valence-electron chi connectivity index (χ1n) is 5.57. The van der Waals surface area contributed by atoms with Crippen molar-refractivity contribution < 1.29 is 14.6 Å². The number of benzene rings is 2. The molecule has 0 unspecified atom stereocenters. The van der Waals surface area contributed by atoms with Crippen LogP contribution in [0.15, 0.2) is 53.4 Å². The first-order valence-corrected chi connectivity index (χ1v) is 6.31. The van der Waals surface area contributed by atoms with Crippen LogP contribution in [-0.4, -0.2) is 5.26 Å². The first-order chi connectivity index (χ1) is 8.78. The van der Waals surface area contributed by atoms with E-state index in [9.17, 15) is 0 Å². The summed E-state index contributed by atoms with van der Waals surface area (Å²) in [4.78, 5) is 0.883. The highest BCUT2D eigenvalue weighted by molar-refractivity contribution is 7.94. The van der Waals surface area contributed by atoms with Gasteiger partial charge in [-0.15, -0.1) is 4.33 Å². The maximum atomic E-state index is 8.12. The Hall–Kier alpha value is -1.33. The Labute approximate surface area is 110 Å². The largest absolute Gasteiger partial charge is 0.220 e. The Morgan fingerprint density at radius 3 is 2.56 bits per heavy atom. The molecule has 0 amide bonds. The van der Waals surface area contributed by atoms with Crippen LogP contribution in [0.5, 0.6) is 0 Å². The molecular formula is C14H14O3S. The molecule has 2 rings (SSSR count). The maximum absolute atomic E-state index is 8.12. The van der Waals surface area contributed by atoms with Crippen molar-refractivity contribution >= 4 is 12.0 Å². The van der Waals surface area contributed by atoms with E-state index in [0.29, 0.717) is 0 Å². The summed E-state index contributed by atoms with van der Waals surface area (Å²) in [6.07, 6.45) is 0.870. The Morgan fingerprint density at radius 2 is 1.83 bits per heavy atom. The van der Waals surface area contributed by atoms with Gasteiger partial charge in [0.1, 0.15) is 0 Å². The quantitative estimate of drug-likeness (QED) is 0.502. The third-order valence-corrected chi connectivity index (χ3v) is 3.16. The summed E-state index contributed by atoms with van der Waals surface area (Å²) < 4.78 is 4.41. The molecule has 2 aromatic rings. The topological polar surface area (TPSA) is 38.7 Å². The summed E-state index contributed by atoms with van der Waals surface area (Å²) in [7, 11) is 0. The average Bonchev–Trinajstić information content (AvgIpc) is 2.40. The summed E-state index contributed by atoms with van der Waals surface area (Å²) in [5.41, 5.74) is 3.71. The Balaban J connectivity index is 2.06. The van der Waals surface area contributed by atoms with Crippen molar-refractivity contribution in [1.82, 2.24) is 0 Å². The maximum Gasteiger partial charge on any atom is 0.0714 e. The van der Waals surface area contributed by atoms with Crippen LogP contribution in [0.2, 0.25) is 0 Å². The lowest BCUT2D eigenvalue weighted by Crippen LogP contribution is -1.89. The van der Waals surface area contributed by atoms with Gasteiger partial charge in [0.2, 0.25) is 0 Å². The van der Waals surface area contributed by atoms with Gasteiger partial charge in [0.15, 0.2) is 0 Å². The Bertz CT molecular complexity index is 497. The summed E-state index contributed by atoms with van der Waals surface area (Å²) in [5.74, 6) is 0. The third-order valence-electron chi connectivity index (χ3n) is 2.59. The number of aryl methyl sites for hydroxylation is 1. The van der Waals surface area contributed by atoms with E-state index in [2.05, 4.69) is 46.6 Å². The van der Waals surface area contributed by atoms with Crippen LogP contribution in [-0.2, 0) is 15.8 Å². The molecule has 0 radical (unpaired) electrons. The molecule has 1 N–H and O–H groups in total. The fourth-order valence-corrected chi connectivity index (χ4v) is 2.15. The average molecular weight is 262 g/mol. The second-order valence-corrected chi connectivity index (χ2v) is 4.81. The van der Waals surface area contributed by atoms with Gasteiger partial charge in [-0.05, 0) is 36.6 Å². The number of rotatable bonds is 5. The van der Waals surface area contributed by atoms with Gasteiger partial charge < -0.3 is 0 Å². The molecule has 0 fully saturated rings. The van der Waals surface area contributed by atoms with Gasteiger partial charge in [-0.3, -0.25) is 0 Å². The lowest BCUT2D eigenvalue weighted by Gasteiger charge is -2.04. The van der Waals surface area contributed by atoms with Crippen LogP contribution < -0.4 is 0 Å². The molecule has 0 aliphatic rings.